The third-order valence-corrected chi connectivity index (χ3v) is 7.63. The van der Waals surface area contributed by atoms with E-state index in [0.29, 0.717) is 42.5 Å². The summed E-state index contributed by atoms with van der Waals surface area (Å²) in [6.45, 7) is 5.48. The summed E-state index contributed by atoms with van der Waals surface area (Å²) in [5.41, 5.74) is 1.35. The third-order valence-electron chi connectivity index (χ3n) is 7.39. The molecule has 0 bridgehead atoms. The van der Waals surface area contributed by atoms with Crippen LogP contribution < -0.4 is 20.7 Å². The number of hydroxylamine groups is 2. The fraction of sp³-hybridized carbons (Fsp3) is 0.571. The highest BCUT2D eigenvalue weighted by molar-refractivity contribution is 6.30. The lowest BCUT2D eigenvalue weighted by Crippen LogP contribution is -2.52. The zero-order valence-corrected chi connectivity index (χ0v) is 28.1. The molecular weight excluding hydrogens is 592 g/mol. The average Bonchev–Trinajstić information content (AvgIpc) is 3.03. The minimum atomic E-state index is -1.05. The summed E-state index contributed by atoms with van der Waals surface area (Å²) < 4.78 is 5.81. The molecule has 0 aliphatic carbocycles. The maximum atomic E-state index is 13.1. The lowest BCUT2D eigenvalue weighted by molar-refractivity contribution is -0.176. The Morgan fingerprint density at radius 2 is 1.51 bits per heavy atom. The van der Waals surface area contributed by atoms with E-state index in [1.54, 1.807) is 55.5 Å². The molecule has 2 aromatic carbocycles. The molecule has 9 nitrogen and oxygen atoms in total. The summed E-state index contributed by atoms with van der Waals surface area (Å²) in [5.74, 6) is -0.0837. The van der Waals surface area contributed by atoms with Crippen molar-refractivity contribution in [1.82, 2.24) is 15.7 Å². The Morgan fingerprint density at radius 1 is 0.844 bits per heavy atom. The second-order valence-corrected chi connectivity index (χ2v) is 11.6. The third kappa shape index (κ3) is 16.5. The van der Waals surface area contributed by atoms with E-state index in [-0.39, 0.29) is 18.2 Å². The number of ether oxygens (including phenoxy) is 1. The molecule has 1 unspecified atom stereocenters. The maximum Gasteiger partial charge on any atom is 0.289 e. The summed E-state index contributed by atoms with van der Waals surface area (Å²) in [6, 6.07) is 14.1. The standard InChI is InChI=1S/C35H53ClN4O5/c1-4-6-7-8-9-10-11-12-13-14-24-37-32(41)19-16-25-45-31-22-20-30(21-23-31)38-34(35(43)40(5-2)44-3)39-33(42)27-28-17-15-18-29(36)26-28/h15,17-18,20-23,26,34,38H,4-14,16,19,24-25,27H2,1-3H3,(H,37,41)(H,39,42). The monoisotopic (exact) mass is 644 g/mol. The first kappa shape index (κ1) is 37.9. The molecule has 0 aliphatic heterocycles. The Hall–Kier alpha value is -3.30. The van der Waals surface area contributed by atoms with Gasteiger partial charge in [0.15, 0.2) is 6.17 Å². The first-order valence-electron chi connectivity index (χ1n) is 16.5. The van der Waals surface area contributed by atoms with E-state index in [2.05, 4.69) is 22.9 Å². The van der Waals surface area contributed by atoms with Gasteiger partial charge in [0.25, 0.3) is 5.91 Å². The van der Waals surface area contributed by atoms with Crippen molar-refractivity contribution >= 4 is 35.0 Å². The normalized spacial score (nSPS) is 11.5. The molecule has 3 N–H and O–H groups in total. The number of hydrogen-bond acceptors (Lipinski definition) is 6. The average molecular weight is 645 g/mol. The van der Waals surface area contributed by atoms with E-state index in [1.165, 1.54) is 63.5 Å². The number of anilines is 1. The molecular formula is C35H53ClN4O5. The number of halogens is 1. The molecule has 0 heterocycles. The quantitative estimate of drug-likeness (QED) is 0.0642. The van der Waals surface area contributed by atoms with Crippen molar-refractivity contribution in [3.8, 4) is 5.75 Å². The number of unbranched alkanes of at least 4 members (excludes halogenated alkanes) is 9. The predicted molar refractivity (Wildman–Crippen MR) is 181 cm³/mol. The highest BCUT2D eigenvalue weighted by Crippen LogP contribution is 2.18. The van der Waals surface area contributed by atoms with E-state index < -0.39 is 12.1 Å². The van der Waals surface area contributed by atoms with E-state index in [9.17, 15) is 14.4 Å². The van der Waals surface area contributed by atoms with Crippen LogP contribution in [0.5, 0.6) is 5.75 Å². The predicted octanol–water partition coefficient (Wildman–Crippen LogP) is 7.04. The number of benzene rings is 2. The molecule has 0 spiro atoms. The molecule has 0 fully saturated rings. The van der Waals surface area contributed by atoms with Gasteiger partial charge in [0.2, 0.25) is 11.8 Å². The van der Waals surface area contributed by atoms with Gasteiger partial charge in [0.05, 0.1) is 20.1 Å². The largest absolute Gasteiger partial charge is 0.494 e. The Bertz CT molecular complexity index is 1130. The van der Waals surface area contributed by atoms with Crippen LogP contribution in [0.15, 0.2) is 48.5 Å². The molecule has 2 aromatic rings. The number of carbonyl (C=O) groups excluding carboxylic acids is 3. The second-order valence-electron chi connectivity index (χ2n) is 11.2. The summed E-state index contributed by atoms with van der Waals surface area (Å²) in [6.07, 6.45) is 12.8. The van der Waals surface area contributed by atoms with Gasteiger partial charge in [0.1, 0.15) is 5.75 Å². The van der Waals surface area contributed by atoms with Crippen molar-refractivity contribution < 1.29 is 24.0 Å². The van der Waals surface area contributed by atoms with Gasteiger partial charge in [0, 0.05) is 30.2 Å². The molecule has 0 radical (unpaired) electrons. The smallest absolute Gasteiger partial charge is 0.289 e. The van der Waals surface area contributed by atoms with E-state index >= 15 is 0 Å². The van der Waals surface area contributed by atoms with Gasteiger partial charge < -0.3 is 20.7 Å². The number of likely N-dealkylation sites (N-methyl/N-ethyl adjacent to an activating group) is 1. The molecule has 10 heteroatoms. The van der Waals surface area contributed by atoms with Gasteiger partial charge in [-0.15, -0.1) is 0 Å². The van der Waals surface area contributed by atoms with Crippen LogP contribution in [0.3, 0.4) is 0 Å². The number of amides is 3. The van der Waals surface area contributed by atoms with Crippen molar-refractivity contribution in [3.63, 3.8) is 0 Å². The zero-order valence-electron chi connectivity index (χ0n) is 27.4. The van der Waals surface area contributed by atoms with Gasteiger partial charge in [-0.2, -0.15) is 0 Å². The molecule has 0 saturated heterocycles. The van der Waals surface area contributed by atoms with Gasteiger partial charge >= 0.3 is 0 Å². The first-order valence-corrected chi connectivity index (χ1v) is 16.9. The molecule has 2 rings (SSSR count). The lowest BCUT2D eigenvalue weighted by Gasteiger charge is -2.26. The fourth-order valence-corrected chi connectivity index (χ4v) is 5.10. The first-order chi connectivity index (χ1) is 21.9. The van der Waals surface area contributed by atoms with Crippen molar-refractivity contribution in [3.05, 3.63) is 59.1 Å². The van der Waals surface area contributed by atoms with Crippen LogP contribution in [0.4, 0.5) is 5.69 Å². The number of carbonyl (C=O) groups is 3. The molecule has 0 aliphatic rings. The maximum absolute atomic E-state index is 13.1. The molecule has 0 aromatic heterocycles. The van der Waals surface area contributed by atoms with Gasteiger partial charge in [-0.3, -0.25) is 19.2 Å². The summed E-state index contributed by atoms with van der Waals surface area (Å²) in [4.78, 5) is 43.2. The number of nitrogens with zero attached hydrogens (tertiary/aromatic N) is 1. The van der Waals surface area contributed by atoms with Crippen LogP contribution in [-0.4, -0.2) is 55.8 Å². The van der Waals surface area contributed by atoms with Crippen LogP contribution in [0.2, 0.25) is 5.02 Å². The van der Waals surface area contributed by atoms with Crippen molar-refractivity contribution in [1.29, 1.82) is 0 Å². The number of rotatable bonds is 24. The van der Waals surface area contributed by atoms with Crippen molar-refractivity contribution in [2.75, 3.05) is 32.1 Å². The van der Waals surface area contributed by atoms with Crippen LogP contribution in [-0.2, 0) is 25.6 Å². The summed E-state index contributed by atoms with van der Waals surface area (Å²) in [7, 11) is 1.40. The minimum Gasteiger partial charge on any atom is -0.494 e. The summed E-state index contributed by atoms with van der Waals surface area (Å²) >= 11 is 6.04. The highest BCUT2D eigenvalue weighted by atomic mass is 35.5. The van der Waals surface area contributed by atoms with E-state index in [0.717, 1.165) is 24.9 Å². The fourth-order valence-electron chi connectivity index (χ4n) is 4.89. The lowest BCUT2D eigenvalue weighted by atomic mass is 10.1. The Labute approximate surface area is 274 Å². The Balaban J connectivity index is 1.70. The molecule has 3 amide bonds. The molecule has 250 valence electrons. The molecule has 1 atom stereocenters. The van der Waals surface area contributed by atoms with Crippen LogP contribution in [0.1, 0.15) is 96.5 Å². The van der Waals surface area contributed by atoms with Gasteiger partial charge in [-0.1, -0.05) is 88.4 Å². The van der Waals surface area contributed by atoms with E-state index in [4.69, 9.17) is 21.2 Å². The minimum absolute atomic E-state index is 0.0550. The Morgan fingerprint density at radius 3 is 2.13 bits per heavy atom. The number of nitrogens with one attached hydrogen (secondary N) is 3. The van der Waals surface area contributed by atoms with E-state index in [1.807, 2.05) is 0 Å². The number of hydrogen-bond donors (Lipinski definition) is 3. The molecule has 45 heavy (non-hydrogen) atoms. The Kier molecular flexibility index (Phi) is 19.4. The summed E-state index contributed by atoms with van der Waals surface area (Å²) in [5, 5.41) is 10.5. The topological polar surface area (TPSA) is 109 Å². The second kappa shape index (κ2) is 23.1. The van der Waals surface area contributed by atoms with Crippen molar-refractivity contribution in [2.45, 2.75) is 103 Å². The van der Waals surface area contributed by atoms with Crippen molar-refractivity contribution in [2.24, 2.45) is 0 Å². The van der Waals surface area contributed by atoms with Crippen LogP contribution in [0, 0.1) is 0 Å². The SMILES string of the molecule is CCCCCCCCCCCCNC(=O)CCCOc1ccc(NC(NC(=O)Cc2cccc(Cl)c2)C(=O)N(CC)OC)cc1. The van der Waals surface area contributed by atoms with Crippen LogP contribution >= 0.6 is 11.6 Å². The highest BCUT2D eigenvalue weighted by Gasteiger charge is 2.26. The zero-order chi connectivity index (χ0) is 32.7. The van der Waals surface area contributed by atoms with Gasteiger partial charge in [-0.05, 0) is 61.7 Å². The molecule has 0 saturated carbocycles. The van der Waals surface area contributed by atoms with Gasteiger partial charge in [-0.25, -0.2) is 5.06 Å². The van der Waals surface area contributed by atoms with Crippen LogP contribution in [0.25, 0.3) is 0 Å².